The Morgan fingerprint density at radius 1 is 1.40 bits per heavy atom. The lowest BCUT2D eigenvalue weighted by Crippen LogP contribution is -2.28. The minimum absolute atomic E-state index is 0.0587. The van der Waals surface area contributed by atoms with Gasteiger partial charge in [-0.15, -0.1) is 0 Å². The highest BCUT2D eigenvalue weighted by atomic mass is 79.9. The molecule has 0 saturated heterocycles. The van der Waals surface area contributed by atoms with Crippen LogP contribution in [0.3, 0.4) is 0 Å². The lowest BCUT2D eigenvalue weighted by molar-refractivity contribution is 0.0795. The molecule has 1 aromatic carbocycles. The molecule has 82 valence electrons. The van der Waals surface area contributed by atoms with Gasteiger partial charge in [0.15, 0.2) is 0 Å². The van der Waals surface area contributed by atoms with Gasteiger partial charge in [-0.2, -0.15) is 0 Å². The molecule has 0 aromatic heterocycles. The number of alkyl halides is 1. The van der Waals surface area contributed by atoms with Gasteiger partial charge >= 0.3 is 0 Å². The van der Waals surface area contributed by atoms with Crippen molar-refractivity contribution < 1.29 is 4.79 Å². The maximum atomic E-state index is 12.0. The van der Waals surface area contributed by atoms with Crippen LogP contribution >= 0.6 is 31.9 Å². The van der Waals surface area contributed by atoms with Gasteiger partial charge in [-0.3, -0.25) is 4.79 Å². The number of carbonyl (C=O) groups is 1. The Bertz CT molecular complexity index is 341. The SMILES string of the molecule is CN(CCCBr)C(=O)c1ccccc1Br. The Kier molecular flexibility index (Phi) is 5.32. The molecule has 0 spiro atoms. The van der Waals surface area contributed by atoms with Gasteiger partial charge in [0, 0.05) is 23.4 Å². The highest BCUT2D eigenvalue weighted by molar-refractivity contribution is 9.10. The molecule has 1 aromatic rings. The number of halogens is 2. The first-order chi connectivity index (χ1) is 7.16. The third-order valence-corrected chi connectivity index (χ3v) is 3.33. The fraction of sp³-hybridized carbons (Fsp3) is 0.364. The van der Waals surface area contributed by atoms with Crippen molar-refractivity contribution in [1.82, 2.24) is 4.90 Å². The molecule has 15 heavy (non-hydrogen) atoms. The topological polar surface area (TPSA) is 20.3 Å². The predicted molar refractivity (Wildman–Crippen MR) is 69.5 cm³/mol. The predicted octanol–water partition coefficient (Wildman–Crippen LogP) is 3.31. The van der Waals surface area contributed by atoms with E-state index in [0.29, 0.717) is 0 Å². The average molecular weight is 335 g/mol. The average Bonchev–Trinajstić information content (AvgIpc) is 2.25. The van der Waals surface area contributed by atoms with Crippen molar-refractivity contribution in [1.29, 1.82) is 0 Å². The van der Waals surface area contributed by atoms with Crippen LogP contribution in [0.1, 0.15) is 16.8 Å². The largest absolute Gasteiger partial charge is 0.342 e. The summed E-state index contributed by atoms with van der Waals surface area (Å²) in [6, 6.07) is 7.48. The molecule has 0 unspecified atom stereocenters. The molecule has 0 radical (unpaired) electrons. The summed E-state index contributed by atoms with van der Waals surface area (Å²) in [6.45, 7) is 0.769. The summed E-state index contributed by atoms with van der Waals surface area (Å²) in [5.41, 5.74) is 0.717. The summed E-state index contributed by atoms with van der Waals surface area (Å²) >= 11 is 6.73. The Labute approximate surface area is 107 Å². The highest BCUT2D eigenvalue weighted by Crippen LogP contribution is 2.17. The van der Waals surface area contributed by atoms with E-state index < -0.39 is 0 Å². The zero-order valence-electron chi connectivity index (χ0n) is 8.54. The van der Waals surface area contributed by atoms with Crippen molar-refractivity contribution in [2.75, 3.05) is 18.9 Å². The van der Waals surface area contributed by atoms with Gasteiger partial charge in [-0.05, 0) is 34.5 Å². The second kappa shape index (κ2) is 6.28. The minimum atomic E-state index is 0.0587. The van der Waals surface area contributed by atoms with Crippen LogP contribution in [-0.4, -0.2) is 29.7 Å². The molecule has 2 nitrogen and oxygen atoms in total. The van der Waals surface area contributed by atoms with Gasteiger partial charge in [0.05, 0.1) is 5.56 Å². The fourth-order valence-electron chi connectivity index (χ4n) is 1.24. The van der Waals surface area contributed by atoms with Crippen molar-refractivity contribution >= 4 is 37.8 Å². The summed E-state index contributed by atoms with van der Waals surface area (Å²) < 4.78 is 0.848. The zero-order valence-corrected chi connectivity index (χ0v) is 11.7. The van der Waals surface area contributed by atoms with Crippen LogP contribution in [0.4, 0.5) is 0 Å². The maximum Gasteiger partial charge on any atom is 0.254 e. The second-order valence-electron chi connectivity index (χ2n) is 3.25. The summed E-state index contributed by atoms with van der Waals surface area (Å²) in [5, 5.41) is 0.917. The van der Waals surface area contributed by atoms with Gasteiger partial charge in [0.2, 0.25) is 0 Å². The second-order valence-corrected chi connectivity index (χ2v) is 4.90. The van der Waals surface area contributed by atoms with Crippen molar-refractivity contribution in [3.8, 4) is 0 Å². The van der Waals surface area contributed by atoms with E-state index in [9.17, 15) is 4.79 Å². The van der Waals surface area contributed by atoms with Crippen LogP contribution in [0.5, 0.6) is 0 Å². The molecule has 4 heteroatoms. The van der Waals surface area contributed by atoms with E-state index in [1.165, 1.54) is 0 Å². The van der Waals surface area contributed by atoms with E-state index in [2.05, 4.69) is 31.9 Å². The first-order valence-electron chi connectivity index (χ1n) is 4.72. The molecular formula is C11H13Br2NO. The molecule has 1 amide bonds. The minimum Gasteiger partial charge on any atom is -0.342 e. The van der Waals surface area contributed by atoms with Gasteiger partial charge < -0.3 is 4.90 Å². The van der Waals surface area contributed by atoms with Gasteiger partial charge in [0.1, 0.15) is 0 Å². The van der Waals surface area contributed by atoms with Crippen LogP contribution in [-0.2, 0) is 0 Å². The van der Waals surface area contributed by atoms with E-state index in [4.69, 9.17) is 0 Å². The number of amides is 1. The molecule has 0 atom stereocenters. The van der Waals surface area contributed by atoms with E-state index in [1.54, 1.807) is 4.90 Å². The lowest BCUT2D eigenvalue weighted by atomic mass is 10.2. The fourth-order valence-corrected chi connectivity index (χ4v) is 1.94. The first kappa shape index (κ1) is 12.7. The van der Waals surface area contributed by atoms with Crippen LogP contribution in [0.2, 0.25) is 0 Å². The van der Waals surface area contributed by atoms with Gasteiger partial charge in [-0.25, -0.2) is 0 Å². The summed E-state index contributed by atoms with van der Waals surface area (Å²) in [4.78, 5) is 13.7. The Morgan fingerprint density at radius 3 is 2.67 bits per heavy atom. The molecule has 0 aliphatic rings. The summed E-state index contributed by atoms with van der Waals surface area (Å²) in [7, 11) is 1.82. The summed E-state index contributed by atoms with van der Waals surface area (Å²) in [5.74, 6) is 0.0587. The summed E-state index contributed by atoms with van der Waals surface area (Å²) in [6.07, 6.45) is 0.965. The van der Waals surface area contributed by atoms with Crippen molar-refractivity contribution in [2.24, 2.45) is 0 Å². The van der Waals surface area contributed by atoms with Crippen LogP contribution in [0.25, 0.3) is 0 Å². The normalized spacial score (nSPS) is 10.1. The van der Waals surface area contributed by atoms with Crippen molar-refractivity contribution in [3.63, 3.8) is 0 Å². The molecule has 0 aliphatic carbocycles. The molecule has 0 fully saturated rings. The standard InChI is InChI=1S/C11H13Br2NO/c1-14(8-4-7-12)11(15)9-5-2-3-6-10(9)13/h2-3,5-6H,4,7-8H2,1H3. The lowest BCUT2D eigenvalue weighted by Gasteiger charge is -2.17. The Morgan fingerprint density at radius 2 is 2.07 bits per heavy atom. The third kappa shape index (κ3) is 3.61. The number of nitrogens with zero attached hydrogens (tertiary/aromatic N) is 1. The molecule has 0 heterocycles. The molecule has 0 aliphatic heterocycles. The van der Waals surface area contributed by atoms with Crippen molar-refractivity contribution in [3.05, 3.63) is 34.3 Å². The molecule has 0 saturated carbocycles. The van der Waals surface area contributed by atoms with Crippen LogP contribution in [0.15, 0.2) is 28.7 Å². The number of hydrogen-bond acceptors (Lipinski definition) is 1. The molecule has 0 N–H and O–H groups in total. The number of hydrogen-bond donors (Lipinski definition) is 0. The molecule has 1 rings (SSSR count). The Balaban J connectivity index is 2.72. The zero-order chi connectivity index (χ0) is 11.3. The van der Waals surface area contributed by atoms with E-state index in [-0.39, 0.29) is 5.91 Å². The van der Waals surface area contributed by atoms with Crippen molar-refractivity contribution in [2.45, 2.75) is 6.42 Å². The maximum absolute atomic E-state index is 12.0. The number of carbonyl (C=O) groups excluding carboxylic acids is 1. The van der Waals surface area contributed by atoms with E-state index in [1.807, 2.05) is 31.3 Å². The number of benzene rings is 1. The van der Waals surface area contributed by atoms with Gasteiger partial charge in [0.25, 0.3) is 5.91 Å². The smallest absolute Gasteiger partial charge is 0.254 e. The number of rotatable bonds is 4. The molecule has 0 bridgehead atoms. The highest BCUT2D eigenvalue weighted by Gasteiger charge is 2.13. The quantitative estimate of drug-likeness (QED) is 0.773. The van der Waals surface area contributed by atoms with E-state index >= 15 is 0 Å². The monoisotopic (exact) mass is 333 g/mol. The van der Waals surface area contributed by atoms with E-state index in [0.717, 1.165) is 28.3 Å². The molecular weight excluding hydrogens is 322 g/mol. The third-order valence-electron chi connectivity index (χ3n) is 2.08. The Hall–Kier alpha value is -0.350. The van der Waals surface area contributed by atoms with Gasteiger partial charge in [-0.1, -0.05) is 28.1 Å². The first-order valence-corrected chi connectivity index (χ1v) is 6.64. The van der Waals surface area contributed by atoms with Crippen LogP contribution in [0, 0.1) is 0 Å². The van der Waals surface area contributed by atoms with Crippen LogP contribution < -0.4 is 0 Å².